The van der Waals surface area contributed by atoms with E-state index in [2.05, 4.69) is 36.4 Å². The van der Waals surface area contributed by atoms with Crippen LogP contribution in [0.3, 0.4) is 0 Å². The van der Waals surface area contributed by atoms with Crippen molar-refractivity contribution in [2.75, 3.05) is 24.6 Å². The smallest absolute Gasteiger partial charge is 0.140 e. The molecular formula is C13H14N6OS. The second-order valence-electron chi connectivity index (χ2n) is 4.89. The van der Waals surface area contributed by atoms with E-state index in [9.17, 15) is 0 Å². The first-order valence-corrected chi connectivity index (χ1v) is 7.65. The number of nitrogens with zero attached hydrogens (tertiary/aromatic N) is 6. The second-order valence-corrected chi connectivity index (χ2v) is 5.79. The largest absolute Gasteiger partial charge is 0.373 e. The summed E-state index contributed by atoms with van der Waals surface area (Å²) >= 11 is 1.64. The fourth-order valence-corrected chi connectivity index (χ4v) is 3.31. The molecule has 8 heteroatoms. The van der Waals surface area contributed by atoms with Crippen molar-refractivity contribution in [1.29, 1.82) is 0 Å². The summed E-state index contributed by atoms with van der Waals surface area (Å²) in [6, 6.07) is 2.08. The molecule has 0 saturated carbocycles. The van der Waals surface area contributed by atoms with Crippen molar-refractivity contribution in [2.45, 2.75) is 12.6 Å². The zero-order valence-corrected chi connectivity index (χ0v) is 12.1. The van der Waals surface area contributed by atoms with Crippen LogP contribution >= 0.6 is 11.3 Å². The molecular weight excluding hydrogens is 288 g/mol. The lowest BCUT2D eigenvalue weighted by atomic mass is 10.2. The van der Waals surface area contributed by atoms with E-state index >= 15 is 0 Å². The van der Waals surface area contributed by atoms with Gasteiger partial charge in [0.1, 0.15) is 29.6 Å². The summed E-state index contributed by atoms with van der Waals surface area (Å²) < 4.78 is 7.63. The van der Waals surface area contributed by atoms with E-state index in [0.717, 1.165) is 29.1 Å². The minimum atomic E-state index is 0.0871. The Labute approximate surface area is 125 Å². The van der Waals surface area contributed by atoms with Crippen LogP contribution in [-0.4, -0.2) is 50.5 Å². The Bertz CT molecular complexity index is 727. The lowest BCUT2D eigenvalue weighted by molar-refractivity contribution is 0.0272. The van der Waals surface area contributed by atoms with Gasteiger partial charge in [0.05, 0.1) is 24.6 Å². The molecule has 1 saturated heterocycles. The maximum Gasteiger partial charge on any atom is 0.140 e. The van der Waals surface area contributed by atoms with Gasteiger partial charge in [0.15, 0.2) is 0 Å². The van der Waals surface area contributed by atoms with Crippen LogP contribution in [0.5, 0.6) is 0 Å². The third-order valence-corrected chi connectivity index (χ3v) is 4.36. The van der Waals surface area contributed by atoms with Crippen molar-refractivity contribution in [1.82, 2.24) is 24.7 Å². The molecule has 7 nitrogen and oxygen atoms in total. The summed E-state index contributed by atoms with van der Waals surface area (Å²) in [5.74, 6) is 0.994. The van der Waals surface area contributed by atoms with E-state index in [1.807, 2.05) is 0 Å². The number of thiophene rings is 1. The van der Waals surface area contributed by atoms with Crippen LogP contribution in [0.4, 0.5) is 5.82 Å². The molecule has 4 heterocycles. The van der Waals surface area contributed by atoms with Gasteiger partial charge in [0, 0.05) is 13.1 Å². The van der Waals surface area contributed by atoms with Crippen LogP contribution in [0, 0.1) is 0 Å². The zero-order chi connectivity index (χ0) is 14.1. The first kappa shape index (κ1) is 12.7. The Balaban J connectivity index is 1.56. The van der Waals surface area contributed by atoms with Gasteiger partial charge in [-0.15, -0.1) is 11.3 Å². The first-order chi connectivity index (χ1) is 10.4. The molecule has 0 spiro atoms. The first-order valence-electron chi connectivity index (χ1n) is 6.77. The second kappa shape index (κ2) is 5.38. The van der Waals surface area contributed by atoms with Crippen LogP contribution in [0.2, 0.25) is 0 Å². The number of rotatable bonds is 3. The molecule has 1 aliphatic rings. The van der Waals surface area contributed by atoms with Gasteiger partial charge in [-0.25, -0.2) is 15.0 Å². The monoisotopic (exact) mass is 302 g/mol. The molecule has 21 heavy (non-hydrogen) atoms. The predicted molar refractivity (Wildman–Crippen MR) is 79.4 cm³/mol. The Hall–Kier alpha value is -2.06. The maximum atomic E-state index is 5.83. The van der Waals surface area contributed by atoms with Gasteiger partial charge in [-0.3, -0.25) is 4.68 Å². The quantitative estimate of drug-likeness (QED) is 0.724. The topological polar surface area (TPSA) is 69.0 Å². The van der Waals surface area contributed by atoms with Crippen LogP contribution < -0.4 is 4.90 Å². The number of fused-ring (bicyclic) bond motifs is 1. The fraction of sp³-hybridized carbons (Fsp3) is 0.385. The molecule has 0 aromatic carbocycles. The van der Waals surface area contributed by atoms with Gasteiger partial charge >= 0.3 is 0 Å². The van der Waals surface area contributed by atoms with E-state index in [1.54, 1.807) is 35.0 Å². The summed E-state index contributed by atoms with van der Waals surface area (Å²) in [7, 11) is 0. The summed E-state index contributed by atoms with van der Waals surface area (Å²) in [5, 5.41) is 7.30. The van der Waals surface area contributed by atoms with Gasteiger partial charge in [0.2, 0.25) is 0 Å². The molecule has 1 atom stereocenters. The van der Waals surface area contributed by atoms with E-state index in [4.69, 9.17) is 4.74 Å². The lowest BCUT2D eigenvalue weighted by Crippen LogP contribution is -2.44. The molecule has 0 aliphatic carbocycles. The average molecular weight is 302 g/mol. The number of hydrogen-bond acceptors (Lipinski definition) is 7. The van der Waals surface area contributed by atoms with E-state index in [0.29, 0.717) is 13.2 Å². The highest BCUT2D eigenvalue weighted by Crippen LogP contribution is 2.27. The van der Waals surface area contributed by atoms with Crippen molar-refractivity contribution in [3.05, 3.63) is 30.4 Å². The van der Waals surface area contributed by atoms with Gasteiger partial charge < -0.3 is 9.64 Å². The minimum Gasteiger partial charge on any atom is -0.373 e. The number of morpholine rings is 1. The van der Waals surface area contributed by atoms with Crippen molar-refractivity contribution in [2.24, 2.45) is 0 Å². The lowest BCUT2D eigenvalue weighted by Gasteiger charge is -2.33. The molecule has 0 radical (unpaired) electrons. The maximum absolute atomic E-state index is 5.83. The average Bonchev–Trinajstić information content (AvgIpc) is 3.18. The summed E-state index contributed by atoms with van der Waals surface area (Å²) in [6.07, 6.45) is 4.98. The van der Waals surface area contributed by atoms with Crippen LogP contribution in [0.25, 0.3) is 10.2 Å². The molecule has 0 amide bonds. The Morgan fingerprint density at radius 3 is 3.24 bits per heavy atom. The number of anilines is 1. The Morgan fingerprint density at radius 1 is 1.33 bits per heavy atom. The molecule has 1 fully saturated rings. The van der Waals surface area contributed by atoms with Gasteiger partial charge in [0.25, 0.3) is 0 Å². The standard InChI is InChI=1S/C13H14N6OS/c1-4-21-13-11(1)12(15-8-16-13)18-2-3-20-10(5-18)6-19-9-14-7-17-19/h1,4,7-10H,2-3,5-6H2. The summed E-state index contributed by atoms with van der Waals surface area (Å²) in [5.41, 5.74) is 0. The minimum absolute atomic E-state index is 0.0871. The Kier molecular flexibility index (Phi) is 3.24. The number of aromatic nitrogens is 5. The molecule has 3 aromatic rings. The number of ether oxygens (including phenoxy) is 1. The van der Waals surface area contributed by atoms with Crippen molar-refractivity contribution < 1.29 is 4.74 Å². The van der Waals surface area contributed by atoms with E-state index < -0.39 is 0 Å². The van der Waals surface area contributed by atoms with Crippen molar-refractivity contribution in [3.8, 4) is 0 Å². The van der Waals surface area contributed by atoms with Gasteiger partial charge in [-0.05, 0) is 11.4 Å². The Morgan fingerprint density at radius 2 is 2.33 bits per heavy atom. The molecule has 1 aliphatic heterocycles. The van der Waals surface area contributed by atoms with Crippen molar-refractivity contribution >= 4 is 27.4 Å². The van der Waals surface area contributed by atoms with E-state index in [1.165, 1.54) is 0 Å². The highest BCUT2D eigenvalue weighted by Gasteiger charge is 2.23. The SMILES string of the molecule is c1nc(N2CCOC(Cn3cncn3)C2)c2ccsc2n1. The highest BCUT2D eigenvalue weighted by atomic mass is 32.1. The van der Waals surface area contributed by atoms with Crippen LogP contribution in [0.15, 0.2) is 30.4 Å². The molecule has 3 aromatic heterocycles. The van der Waals surface area contributed by atoms with E-state index in [-0.39, 0.29) is 6.10 Å². The predicted octanol–water partition coefficient (Wildman–Crippen LogP) is 1.19. The van der Waals surface area contributed by atoms with Crippen LogP contribution in [0.1, 0.15) is 0 Å². The van der Waals surface area contributed by atoms with Crippen molar-refractivity contribution in [3.63, 3.8) is 0 Å². The zero-order valence-electron chi connectivity index (χ0n) is 11.3. The molecule has 0 bridgehead atoms. The molecule has 4 rings (SSSR count). The summed E-state index contributed by atoms with van der Waals surface area (Å²) in [4.78, 5) is 16.0. The molecule has 108 valence electrons. The normalized spacial score (nSPS) is 19.2. The molecule has 0 N–H and O–H groups in total. The van der Waals surface area contributed by atoms with Crippen LogP contribution in [-0.2, 0) is 11.3 Å². The summed E-state index contributed by atoms with van der Waals surface area (Å²) in [6.45, 7) is 3.03. The molecule has 1 unspecified atom stereocenters. The third-order valence-electron chi connectivity index (χ3n) is 3.54. The van der Waals surface area contributed by atoms with Gasteiger partial charge in [-0.1, -0.05) is 0 Å². The fourth-order valence-electron chi connectivity index (χ4n) is 2.59. The number of hydrogen-bond donors (Lipinski definition) is 0. The third kappa shape index (κ3) is 2.47. The van der Waals surface area contributed by atoms with Gasteiger partial charge in [-0.2, -0.15) is 5.10 Å². The highest BCUT2D eigenvalue weighted by molar-refractivity contribution is 7.16.